The molecule has 0 bridgehead atoms. The van der Waals surface area contributed by atoms with Crippen molar-refractivity contribution in [1.29, 1.82) is 0 Å². The standard InChI is InChI=1S/C33H23BrClF10N7O3S/c1-56(54,55)50-30-23-20(35)4-2-16(25(23)51(49-30)11-31(38,39)40)15-3-5-21(34)47-24(15)18(8-12-6-13(36)9-14(37)7-12)26(29(46)53)52-28-22(27(48-52)33(43,44)45)17-10-19(17)32(28,41)42/h2-7,9,17-19,26H,8,10-11H2,1H3,(H2,46,53)(H,49,50)/t17-,18+,19+,26?/m0/s1. The molecule has 56 heavy (non-hydrogen) atoms. The van der Waals surface area contributed by atoms with Crippen LogP contribution in [0, 0.1) is 17.6 Å². The summed E-state index contributed by atoms with van der Waals surface area (Å²) in [6.45, 7) is -1.81. The Labute approximate surface area is 322 Å². The Balaban J connectivity index is 1.54. The van der Waals surface area contributed by atoms with Crippen molar-refractivity contribution in [1.82, 2.24) is 24.5 Å². The fraction of sp³-hybridized carbons (Fsp3) is 0.333. The molecule has 4 atom stereocenters. The van der Waals surface area contributed by atoms with E-state index in [2.05, 4.69) is 31.1 Å². The summed E-state index contributed by atoms with van der Waals surface area (Å²) < 4.78 is 173. The van der Waals surface area contributed by atoms with Crippen LogP contribution in [-0.4, -0.2) is 51.3 Å². The highest BCUT2D eigenvalue weighted by Crippen LogP contribution is 2.69. The summed E-state index contributed by atoms with van der Waals surface area (Å²) in [6.07, 6.45) is -10.6. The van der Waals surface area contributed by atoms with Gasteiger partial charge in [-0.05, 0) is 70.6 Å². The third kappa shape index (κ3) is 7.18. The van der Waals surface area contributed by atoms with Crippen LogP contribution in [0.2, 0.25) is 5.02 Å². The van der Waals surface area contributed by atoms with Crippen LogP contribution < -0.4 is 10.5 Å². The highest BCUT2D eigenvalue weighted by atomic mass is 79.9. The molecule has 5 aromatic rings. The van der Waals surface area contributed by atoms with Gasteiger partial charge in [0.2, 0.25) is 15.9 Å². The number of nitrogens with two attached hydrogens (primary N) is 1. The SMILES string of the molecule is CS(=O)(=O)Nc1nn(CC(F)(F)F)c2c(-c3ccc(Br)nc3[C@@H](Cc3cc(F)cc(F)c3)C(C(N)=O)n3nc(C(F)(F)F)c4c3C(F)(F)[C@@H]3C[C@H]43)ccc(Cl)c12. The number of anilines is 1. The molecule has 298 valence electrons. The third-order valence-electron chi connectivity index (χ3n) is 9.46. The maximum absolute atomic E-state index is 15.9. The number of nitrogens with zero attached hydrogens (tertiary/aromatic N) is 5. The Morgan fingerprint density at radius 3 is 2.29 bits per heavy atom. The fourth-order valence-electron chi connectivity index (χ4n) is 7.45. The average molecular weight is 903 g/mol. The van der Waals surface area contributed by atoms with Crippen molar-refractivity contribution < 1.29 is 57.1 Å². The lowest BCUT2D eigenvalue weighted by molar-refractivity contribution is -0.143. The first-order valence-electron chi connectivity index (χ1n) is 16.1. The molecule has 23 heteroatoms. The third-order valence-corrected chi connectivity index (χ3v) is 10.8. The maximum atomic E-state index is 15.9. The van der Waals surface area contributed by atoms with Crippen LogP contribution in [-0.2, 0) is 39.9 Å². The van der Waals surface area contributed by atoms with E-state index < -0.39 is 117 Å². The zero-order valence-electron chi connectivity index (χ0n) is 28.0. The number of nitrogens with one attached hydrogen (secondary N) is 1. The van der Waals surface area contributed by atoms with E-state index in [-0.39, 0.29) is 42.8 Å². The smallest absolute Gasteiger partial charge is 0.368 e. The van der Waals surface area contributed by atoms with Crippen molar-refractivity contribution in [3.63, 3.8) is 0 Å². The molecule has 1 amide bonds. The summed E-state index contributed by atoms with van der Waals surface area (Å²) in [7, 11) is -4.19. The summed E-state index contributed by atoms with van der Waals surface area (Å²) in [6, 6.07) is 4.61. The summed E-state index contributed by atoms with van der Waals surface area (Å²) in [4.78, 5) is 18.0. The van der Waals surface area contributed by atoms with E-state index in [1.807, 2.05) is 4.72 Å². The Kier molecular flexibility index (Phi) is 9.46. The molecule has 1 saturated carbocycles. The molecule has 10 nitrogen and oxygen atoms in total. The number of aromatic nitrogens is 5. The normalized spacial score (nSPS) is 18.8. The lowest BCUT2D eigenvalue weighted by Crippen LogP contribution is -2.37. The number of alkyl halides is 8. The topological polar surface area (TPSA) is 138 Å². The van der Waals surface area contributed by atoms with Crippen molar-refractivity contribution in [2.24, 2.45) is 11.7 Å². The van der Waals surface area contributed by atoms with E-state index in [1.165, 1.54) is 18.2 Å². The molecule has 2 aliphatic carbocycles. The van der Waals surface area contributed by atoms with E-state index in [0.29, 0.717) is 17.0 Å². The van der Waals surface area contributed by atoms with Gasteiger partial charge in [0.25, 0.3) is 5.92 Å². The van der Waals surface area contributed by atoms with E-state index in [4.69, 9.17) is 17.3 Å². The van der Waals surface area contributed by atoms with E-state index in [1.54, 1.807) is 0 Å². The zero-order chi connectivity index (χ0) is 41.0. The van der Waals surface area contributed by atoms with Crippen LogP contribution in [0.25, 0.3) is 22.0 Å². The summed E-state index contributed by atoms with van der Waals surface area (Å²) in [5, 5.41) is 6.69. The number of halogens is 12. The minimum atomic E-state index is -5.28. The summed E-state index contributed by atoms with van der Waals surface area (Å²) in [5.41, 5.74) is 0.490. The first-order valence-corrected chi connectivity index (χ1v) is 19.1. The van der Waals surface area contributed by atoms with Crippen molar-refractivity contribution in [3.05, 3.63) is 91.9 Å². The molecule has 0 saturated heterocycles. The summed E-state index contributed by atoms with van der Waals surface area (Å²) >= 11 is 9.56. The number of hydrogen-bond donors (Lipinski definition) is 2. The number of pyridine rings is 1. The molecule has 2 aromatic carbocycles. The van der Waals surface area contributed by atoms with Crippen LogP contribution >= 0.6 is 27.5 Å². The highest BCUT2D eigenvalue weighted by Gasteiger charge is 2.69. The van der Waals surface area contributed by atoms with Gasteiger partial charge in [-0.2, -0.15) is 45.3 Å². The van der Waals surface area contributed by atoms with Gasteiger partial charge in [0, 0.05) is 34.6 Å². The van der Waals surface area contributed by atoms with Crippen molar-refractivity contribution in [2.75, 3.05) is 11.0 Å². The van der Waals surface area contributed by atoms with Gasteiger partial charge in [0.15, 0.2) is 11.5 Å². The zero-order valence-corrected chi connectivity index (χ0v) is 31.1. The molecular formula is C33H23BrClF10N7O3S. The van der Waals surface area contributed by atoms with Gasteiger partial charge in [-0.25, -0.2) is 26.9 Å². The first kappa shape index (κ1) is 39.8. The largest absolute Gasteiger partial charge is 0.435 e. The first-order chi connectivity index (χ1) is 25.9. The predicted molar refractivity (Wildman–Crippen MR) is 183 cm³/mol. The lowest BCUT2D eigenvalue weighted by atomic mass is 9.84. The molecular weight excluding hydrogens is 880 g/mol. The van der Waals surface area contributed by atoms with Crippen LogP contribution in [0.15, 0.2) is 47.1 Å². The van der Waals surface area contributed by atoms with E-state index in [0.717, 1.165) is 18.2 Å². The Morgan fingerprint density at radius 1 is 1.05 bits per heavy atom. The molecule has 1 unspecified atom stereocenters. The van der Waals surface area contributed by atoms with E-state index >= 15 is 8.78 Å². The van der Waals surface area contributed by atoms with Crippen molar-refractivity contribution in [3.8, 4) is 11.1 Å². The van der Waals surface area contributed by atoms with Gasteiger partial charge in [-0.1, -0.05) is 17.7 Å². The monoisotopic (exact) mass is 901 g/mol. The molecule has 3 N–H and O–H groups in total. The Morgan fingerprint density at radius 2 is 1.70 bits per heavy atom. The fourth-order valence-corrected chi connectivity index (χ4v) is 8.51. The number of benzene rings is 2. The van der Waals surface area contributed by atoms with E-state index in [9.17, 15) is 48.3 Å². The van der Waals surface area contributed by atoms with Gasteiger partial charge in [0.05, 0.1) is 27.9 Å². The molecule has 3 aromatic heterocycles. The number of sulfonamides is 1. The molecule has 2 aliphatic rings. The number of fused-ring (bicyclic) bond motifs is 4. The molecule has 3 heterocycles. The van der Waals surface area contributed by atoms with Gasteiger partial charge >= 0.3 is 12.4 Å². The number of amides is 1. The quantitative estimate of drug-likeness (QED) is 0.107. The Hall–Kier alpha value is -4.44. The molecule has 7 rings (SSSR count). The lowest BCUT2D eigenvalue weighted by Gasteiger charge is -2.29. The second-order valence-corrected chi connectivity index (χ2v) is 16.4. The number of primary amides is 1. The number of carbonyl (C=O) groups excluding carboxylic acids is 1. The summed E-state index contributed by atoms with van der Waals surface area (Å²) in [5.74, 6) is -13.0. The Bertz CT molecular complexity index is 2540. The van der Waals surface area contributed by atoms with Crippen molar-refractivity contribution >= 4 is 60.2 Å². The van der Waals surface area contributed by atoms with Gasteiger partial charge in [-0.3, -0.25) is 14.2 Å². The van der Waals surface area contributed by atoms with Gasteiger partial charge in [0.1, 0.15) is 34.5 Å². The van der Waals surface area contributed by atoms with Gasteiger partial charge in [-0.15, -0.1) is 0 Å². The number of carbonyl (C=O) groups is 1. The van der Waals surface area contributed by atoms with Crippen LogP contribution in [0.4, 0.5) is 49.7 Å². The molecule has 0 spiro atoms. The number of hydrogen-bond acceptors (Lipinski definition) is 6. The minimum absolute atomic E-state index is 0.0587. The highest BCUT2D eigenvalue weighted by molar-refractivity contribution is 9.10. The average Bonchev–Trinajstić information content (AvgIpc) is 3.55. The predicted octanol–water partition coefficient (Wildman–Crippen LogP) is 8.20. The molecule has 1 fully saturated rings. The van der Waals surface area contributed by atoms with Crippen LogP contribution in [0.1, 0.15) is 52.5 Å². The molecule has 0 aliphatic heterocycles. The second-order valence-electron chi connectivity index (χ2n) is 13.4. The van der Waals surface area contributed by atoms with Gasteiger partial charge < -0.3 is 5.73 Å². The van der Waals surface area contributed by atoms with Crippen LogP contribution in [0.5, 0.6) is 0 Å². The number of rotatable bonds is 10. The minimum Gasteiger partial charge on any atom is -0.368 e. The van der Waals surface area contributed by atoms with Crippen molar-refractivity contribution in [2.45, 2.75) is 55.5 Å². The van der Waals surface area contributed by atoms with Crippen LogP contribution in [0.3, 0.4) is 0 Å². The molecule has 0 radical (unpaired) electrons. The second kappa shape index (κ2) is 13.3. The maximum Gasteiger partial charge on any atom is 0.435 e.